The number of hydrogen-bond donors (Lipinski definition) is 0. The SMILES string of the molecule is CC(C)C(C)c1cc(-c2[c-]ccc(C(C)(C)C)c2)ncc1[Si](C)(C)C.Cc1ccc(-c2cccc3c2oc2c(-c4cc(C(C)C(C)C)ccn4)[c-]ccc23)cc1.[Ir]. The molecule has 299 valence electrons. The van der Waals surface area contributed by atoms with Crippen LogP contribution in [0.25, 0.3) is 55.6 Å². The maximum atomic E-state index is 6.53. The van der Waals surface area contributed by atoms with Gasteiger partial charge in [0.15, 0.2) is 0 Å². The number of pyridine rings is 2. The van der Waals surface area contributed by atoms with Crippen LogP contribution in [0.2, 0.25) is 19.6 Å². The standard InChI is InChI=1S/C29H26NO.C23H34NSi.Ir/c1-18(2)20(4)22-15-16-30-27(17-22)26-10-6-9-25-24-8-5-7-23(28(24)31-29(25)26)21-13-11-19(3)12-14-21;1-16(2)17(3)20-14-21(24-15-22(20)25(7,8)9)18-11-10-12-19(13-18)23(4,5)6;/h5-9,11-18,20H,1-4H3;10,12-17H,1-9H3;/q2*-1;. The van der Waals surface area contributed by atoms with Crippen molar-refractivity contribution in [1.82, 2.24) is 9.97 Å². The number of rotatable bonds is 8. The molecule has 57 heavy (non-hydrogen) atoms. The van der Waals surface area contributed by atoms with Gasteiger partial charge in [-0.15, -0.1) is 53.6 Å². The quantitative estimate of drug-likeness (QED) is 0.113. The first-order valence-corrected chi connectivity index (χ1v) is 23.9. The molecule has 3 aromatic heterocycles. The first-order chi connectivity index (χ1) is 26.4. The van der Waals surface area contributed by atoms with Crippen LogP contribution in [0, 0.1) is 30.9 Å². The zero-order valence-corrected chi connectivity index (χ0v) is 39.7. The maximum absolute atomic E-state index is 6.53. The normalized spacial score (nSPS) is 13.0. The van der Waals surface area contributed by atoms with E-state index in [1.807, 2.05) is 18.3 Å². The van der Waals surface area contributed by atoms with Gasteiger partial charge in [0, 0.05) is 43.4 Å². The third-order valence-corrected chi connectivity index (χ3v) is 13.6. The number of aryl methyl sites for hydroxylation is 1. The van der Waals surface area contributed by atoms with E-state index in [9.17, 15) is 0 Å². The molecule has 7 rings (SSSR count). The largest absolute Gasteiger partial charge is 0.500 e. The molecule has 0 fully saturated rings. The van der Waals surface area contributed by atoms with Crippen LogP contribution in [0.15, 0.2) is 108 Å². The van der Waals surface area contributed by atoms with Crippen molar-refractivity contribution >= 4 is 35.2 Å². The first kappa shape index (κ1) is 44.0. The monoisotopic (exact) mass is 949 g/mol. The Balaban J connectivity index is 0.000000219. The second-order valence-electron chi connectivity index (χ2n) is 18.4. The predicted molar refractivity (Wildman–Crippen MR) is 243 cm³/mol. The Kier molecular flexibility index (Phi) is 13.7. The Labute approximate surface area is 357 Å². The molecular formula is C52H60IrN2OSi-2. The Morgan fingerprint density at radius 2 is 1.35 bits per heavy atom. The first-order valence-electron chi connectivity index (χ1n) is 20.4. The molecule has 1 radical (unpaired) electrons. The Hall–Kier alpha value is -4.15. The van der Waals surface area contributed by atoms with Gasteiger partial charge in [0.05, 0.1) is 13.7 Å². The van der Waals surface area contributed by atoms with Crippen molar-refractivity contribution in [3.63, 3.8) is 0 Å². The summed E-state index contributed by atoms with van der Waals surface area (Å²) in [5.74, 6) is 2.19. The Morgan fingerprint density at radius 3 is 2.00 bits per heavy atom. The fourth-order valence-electron chi connectivity index (χ4n) is 7.23. The van der Waals surface area contributed by atoms with Gasteiger partial charge < -0.3 is 14.4 Å². The summed E-state index contributed by atoms with van der Waals surface area (Å²) in [6, 6.07) is 38.9. The van der Waals surface area contributed by atoms with E-state index in [0.717, 1.165) is 55.6 Å². The summed E-state index contributed by atoms with van der Waals surface area (Å²) >= 11 is 0. The summed E-state index contributed by atoms with van der Waals surface area (Å²) < 4.78 is 6.53. The number of furan rings is 1. The molecule has 3 nitrogen and oxygen atoms in total. The molecule has 5 heteroatoms. The summed E-state index contributed by atoms with van der Waals surface area (Å²) in [6.45, 7) is 29.8. The molecule has 2 atom stereocenters. The average molecular weight is 949 g/mol. The summed E-state index contributed by atoms with van der Waals surface area (Å²) in [7, 11) is -1.42. The van der Waals surface area contributed by atoms with Crippen molar-refractivity contribution in [2.45, 2.75) is 106 Å². The Bertz CT molecular complexity index is 2450. The molecule has 0 aliphatic rings. The molecule has 0 saturated carbocycles. The molecule has 0 aliphatic heterocycles. The van der Waals surface area contributed by atoms with Gasteiger partial charge in [-0.1, -0.05) is 164 Å². The van der Waals surface area contributed by atoms with E-state index in [-0.39, 0.29) is 25.5 Å². The zero-order chi connectivity index (χ0) is 40.5. The van der Waals surface area contributed by atoms with Gasteiger partial charge in [-0.2, -0.15) is 0 Å². The van der Waals surface area contributed by atoms with E-state index >= 15 is 0 Å². The molecule has 0 spiro atoms. The molecule has 0 amide bonds. The van der Waals surface area contributed by atoms with Crippen LogP contribution in [0.5, 0.6) is 0 Å². The number of nitrogens with zero attached hydrogens (tertiary/aromatic N) is 2. The fourth-order valence-corrected chi connectivity index (χ4v) is 8.85. The van der Waals surface area contributed by atoms with Gasteiger partial charge >= 0.3 is 0 Å². The van der Waals surface area contributed by atoms with Crippen molar-refractivity contribution in [2.24, 2.45) is 11.8 Å². The van der Waals surface area contributed by atoms with Crippen LogP contribution in [0.1, 0.15) is 96.4 Å². The molecule has 0 bridgehead atoms. The summed E-state index contributed by atoms with van der Waals surface area (Å²) in [5, 5.41) is 3.71. The van der Waals surface area contributed by atoms with Gasteiger partial charge in [-0.3, -0.25) is 0 Å². The zero-order valence-electron chi connectivity index (χ0n) is 36.3. The molecule has 0 N–H and O–H groups in total. The van der Waals surface area contributed by atoms with Crippen molar-refractivity contribution < 1.29 is 24.5 Å². The third kappa shape index (κ3) is 9.77. The minimum absolute atomic E-state index is 0. The smallest absolute Gasteiger partial charge is 0.128 e. The fraction of sp³-hybridized carbons (Fsp3) is 0.346. The van der Waals surface area contributed by atoms with Crippen LogP contribution >= 0.6 is 0 Å². The number of fused-ring (bicyclic) bond motifs is 3. The summed E-state index contributed by atoms with van der Waals surface area (Å²) in [6.07, 6.45) is 4.05. The Morgan fingerprint density at radius 1 is 0.684 bits per heavy atom. The van der Waals surface area contributed by atoms with E-state index < -0.39 is 8.07 Å². The number of benzene rings is 4. The number of para-hydroxylation sites is 1. The second-order valence-corrected chi connectivity index (χ2v) is 23.5. The van der Waals surface area contributed by atoms with E-state index in [0.29, 0.717) is 23.7 Å². The van der Waals surface area contributed by atoms with Crippen LogP contribution in [0.4, 0.5) is 0 Å². The second kappa shape index (κ2) is 17.8. The van der Waals surface area contributed by atoms with Crippen molar-refractivity contribution in [1.29, 1.82) is 0 Å². The van der Waals surface area contributed by atoms with E-state index in [2.05, 4.69) is 191 Å². The topological polar surface area (TPSA) is 38.9 Å². The average Bonchev–Trinajstić information content (AvgIpc) is 3.56. The minimum atomic E-state index is -1.42. The van der Waals surface area contributed by atoms with Crippen molar-refractivity contribution in [3.05, 3.63) is 138 Å². The van der Waals surface area contributed by atoms with E-state index in [4.69, 9.17) is 9.40 Å². The third-order valence-electron chi connectivity index (χ3n) is 11.6. The summed E-state index contributed by atoms with van der Waals surface area (Å²) in [4.78, 5) is 9.52. The number of aromatic nitrogens is 2. The maximum Gasteiger partial charge on any atom is 0.128 e. The van der Waals surface area contributed by atoms with Gasteiger partial charge in [0.1, 0.15) is 5.58 Å². The van der Waals surface area contributed by atoms with Crippen LogP contribution in [-0.2, 0) is 25.5 Å². The summed E-state index contributed by atoms with van der Waals surface area (Å²) in [5.41, 5.74) is 13.5. The number of hydrogen-bond acceptors (Lipinski definition) is 3. The molecule has 0 aliphatic carbocycles. The predicted octanol–water partition coefficient (Wildman–Crippen LogP) is 14.3. The molecule has 2 unspecified atom stereocenters. The molecule has 4 aromatic carbocycles. The van der Waals surface area contributed by atoms with Crippen molar-refractivity contribution in [3.8, 4) is 33.6 Å². The van der Waals surface area contributed by atoms with E-state index in [1.54, 1.807) is 0 Å². The van der Waals surface area contributed by atoms with Crippen LogP contribution in [0.3, 0.4) is 0 Å². The van der Waals surface area contributed by atoms with Gasteiger partial charge in [-0.05, 0) is 64.2 Å². The van der Waals surface area contributed by atoms with Gasteiger partial charge in [0.25, 0.3) is 0 Å². The minimum Gasteiger partial charge on any atom is -0.500 e. The molecule has 7 aromatic rings. The van der Waals surface area contributed by atoms with E-state index in [1.165, 1.54) is 27.4 Å². The molecule has 0 saturated heterocycles. The molecule has 3 heterocycles. The van der Waals surface area contributed by atoms with Gasteiger partial charge in [-0.25, -0.2) is 0 Å². The van der Waals surface area contributed by atoms with Crippen molar-refractivity contribution in [2.75, 3.05) is 0 Å². The molecular weight excluding hydrogens is 889 g/mol. The van der Waals surface area contributed by atoms with Crippen LogP contribution < -0.4 is 5.19 Å². The van der Waals surface area contributed by atoms with Gasteiger partial charge in [0.2, 0.25) is 0 Å². The van der Waals surface area contributed by atoms with Crippen LogP contribution in [-0.4, -0.2) is 18.0 Å².